The van der Waals surface area contributed by atoms with Crippen LogP contribution in [-0.4, -0.2) is 60.7 Å². The fraction of sp³-hybridized carbons (Fsp3) is 0.382. The lowest BCUT2D eigenvalue weighted by Crippen LogP contribution is -2.39. The highest BCUT2D eigenvalue weighted by atomic mass is 32.2. The molecule has 3 aromatic carbocycles. The zero-order valence-corrected chi connectivity index (χ0v) is 26.1. The second-order valence-corrected chi connectivity index (χ2v) is 11.9. The van der Waals surface area contributed by atoms with Gasteiger partial charge in [0.05, 0.1) is 20.1 Å². The number of aliphatic hydroxyl groups is 1. The third-order valence-electron chi connectivity index (χ3n) is 7.17. The normalized spacial score (nSPS) is 13.8. The van der Waals surface area contributed by atoms with Crippen LogP contribution in [-0.2, 0) is 30.3 Å². The molecule has 0 aliphatic heterocycles. The van der Waals surface area contributed by atoms with Crippen molar-refractivity contribution in [2.75, 3.05) is 20.7 Å². The van der Waals surface area contributed by atoms with Gasteiger partial charge >= 0.3 is 11.9 Å². The number of carbonyl (C=O) groups is 3. The van der Waals surface area contributed by atoms with Gasteiger partial charge in [-0.3, -0.25) is 9.59 Å². The van der Waals surface area contributed by atoms with E-state index in [0.29, 0.717) is 19.3 Å². The SMILES string of the molecule is CNC(CCC(CNC(=O)Cc1ccc(-c2ccccc2)cc1)OC(C)=O)CC[C@](O)(Sc1ccc(C)cc1)C(=O)OC. The third-order valence-corrected chi connectivity index (χ3v) is 8.39. The Morgan fingerprint density at radius 2 is 1.56 bits per heavy atom. The molecule has 0 aliphatic carbocycles. The van der Waals surface area contributed by atoms with Crippen molar-refractivity contribution in [3.63, 3.8) is 0 Å². The molecule has 0 saturated carbocycles. The fourth-order valence-electron chi connectivity index (χ4n) is 4.70. The van der Waals surface area contributed by atoms with Crippen molar-refractivity contribution < 1.29 is 29.0 Å². The zero-order valence-electron chi connectivity index (χ0n) is 25.3. The highest BCUT2D eigenvalue weighted by molar-refractivity contribution is 8.01. The van der Waals surface area contributed by atoms with Gasteiger partial charge in [-0.05, 0) is 68.5 Å². The number of thioether (sulfide) groups is 1. The predicted octanol–water partition coefficient (Wildman–Crippen LogP) is 5.05. The maximum atomic E-state index is 12.7. The van der Waals surface area contributed by atoms with Crippen molar-refractivity contribution in [2.45, 2.75) is 67.9 Å². The Balaban J connectivity index is 1.52. The standard InChI is InChI=1S/C34H42N2O6S/c1-24-10-18-31(19-11-24)43-34(40,33(39)41-4)21-20-29(35-3)16-17-30(42-25(2)37)23-36-32(38)22-26-12-14-28(15-13-26)27-8-6-5-7-9-27/h5-15,18-19,29-30,35,40H,16-17,20-23H2,1-4H3,(H,36,38)/t29?,30?,34-/m0/s1. The van der Waals surface area contributed by atoms with Gasteiger partial charge < -0.3 is 25.2 Å². The van der Waals surface area contributed by atoms with Crippen molar-refractivity contribution in [1.82, 2.24) is 10.6 Å². The number of rotatable bonds is 16. The van der Waals surface area contributed by atoms with Gasteiger partial charge in [0.2, 0.25) is 10.8 Å². The van der Waals surface area contributed by atoms with Crippen LogP contribution in [0.3, 0.4) is 0 Å². The van der Waals surface area contributed by atoms with Crippen LogP contribution in [0, 0.1) is 6.92 Å². The van der Waals surface area contributed by atoms with Gasteiger partial charge in [-0.15, -0.1) is 0 Å². The number of methoxy groups -OCH3 is 1. The molecule has 8 nitrogen and oxygen atoms in total. The number of benzene rings is 3. The molecule has 0 bridgehead atoms. The Hall–Kier alpha value is -3.66. The molecular formula is C34H42N2O6S. The largest absolute Gasteiger partial charge is 0.466 e. The van der Waals surface area contributed by atoms with E-state index < -0.39 is 23.0 Å². The first-order chi connectivity index (χ1) is 20.6. The van der Waals surface area contributed by atoms with Crippen molar-refractivity contribution in [1.29, 1.82) is 0 Å². The van der Waals surface area contributed by atoms with Crippen molar-refractivity contribution in [3.8, 4) is 11.1 Å². The first-order valence-electron chi connectivity index (χ1n) is 14.4. The molecule has 0 spiro atoms. The van der Waals surface area contributed by atoms with Crippen LogP contribution >= 0.6 is 11.8 Å². The lowest BCUT2D eigenvalue weighted by molar-refractivity contribution is -0.154. The van der Waals surface area contributed by atoms with Gasteiger partial charge in [-0.2, -0.15) is 0 Å². The molecule has 3 N–H and O–H groups in total. The number of hydrogen-bond donors (Lipinski definition) is 3. The van der Waals surface area contributed by atoms with E-state index in [-0.39, 0.29) is 31.3 Å². The number of esters is 2. The lowest BCUT2D eigenvalue weighted by atomic mass is 10.0. The van der Waals surface area contributed by atoms with Gasteiger partial charge in [0.25, 0.3) is 0 Å². The Morgan fingerprint density at radius 1 is 0.907 bits per heavy atom. The van der Waals surface area contributed by atoms with Crippen LogP contribution in [0.5, 0.6) is 0 Å². The molecule has 0 radical (unpaired) electrons. The number of hydrogen-bond acceptors (Lipinski definition) is 8. The van der Waals surface area contributed by atoms with Crippen LogP contribution in [0.15, 0.2) is 83.8 Å². The van der Waals surface area contributed by atoms with E-state index >= 15 is 0 Å². The molecule has 3 aromatic rings. The highest BCUT2D eigenvalue weighted by Crippen LogP contribution is 2.36. The summed E-state index contributed by atoms with van der Waals surface area (Å²) in [6, 6.07) is 25.4. The number of ether oxygens (including phenoxy) is 2. The molecule has 43 heavy (non-hydrogen) atoms. The molecule has 1 amide bonds. The van der Waals surface area contributed by atoms with Crippen LogP contribution in [0.1, 0.15) is 43.7 Å². The molecule has 0 fully saturated rings. The van der Waals surface area contributed by atoms with Crippen LogP contribution in [0.25, 0.3) is 11.1 Å². The van der Waals surface area contributed by atoms with Gasteiger partial charge in [0.1, 0.15) is 6.10 Å². The highest BCUT2D eigenvalue weighted by Gasteiger charge is 2.39. The monoisotopic (exact) mass is 606 g/mol. The molecule has 2 unspecified atom stereocenters. The van der Waals surface area contributed by atoms with E-state index in [9.17, 15) is 19.5 Å². The van der Waals surface area contributed by atoms with Crippen LogP contribution < -0.4 is 10.6 Å². The summed E-state index contributed by atoms with van der Waals surface area (Å²) < 4.78 is 10.4. The maximum absolute atomic E-state index is 12.7. The van der Waals surface area contributed by atoms with E-state index in [1.807, 2.05) is 85.8 Å². The van der Waals surface area contributed by atoms with Crippen LogP contribution in [0.4, 0.5) is 0 Å². The summed E-state index contributed by atoms with van der Waals surface area (Å²) >= 11 is 1.07. The molecular weight excluding hydrogens is 564 g/mol. The maximum Gasteiger partial charge on any atom is 0.348 e. The van der Waals surface area contributed by atoms with E-state index in [4.69, 9.17) is 9.47 Å². The summed E-state index contributed by atoms with van der Waals surface area (Å²) in [6.07, 6.45) is 1.41. The second-order valence-electron chi connectivity index (χ2n) is 10.6. The lowest BCUT2D eigenvalue weighted by Gasteiger charge is -2.27. The van der Waals surface area contributed by atoms with Crippen LogP contribution in [0.2, 0.25) is 0 Å². The topological polar surface area (TPSA) is 114 Å². The smallest absolute Gasteiger partial charge is 0.348 e. The Kier molecular flexibility index (Phi) is 13.3. The van der Waals surface area contributed by atoms with Gasteiger partial charge in [0, 0.05) is 17.9 Å². The van der Waals surface area contributed by atoms with Crippen molar-refractivity contribution >= 4 is 29.6 Å². The summed E-state index contributed by atoms with van der Waals surface area (Å²) in [5.74, 6) is -1.29. The van der Waals surface area contributed by atoms with E-state index in [2.05, 4.69) is 10.6 Å². The summed E-state index contributed by atoms with van der Waals surface area (Å²) in [4.78, 5) is 36.0. The summed E-state index contributed by atoms with van der Waals surface area (Å²) in [7, 11) is 3.07. The number of nitrogens with one attached hydrogen (secondary N) is 2. The Morgan fingerprint density at radius 3 is 2.16 bits per heavy atom. The summed E-state index contributed by atoms with van der Waals surface area (Å²) in [5, 5.41) is 17.3. The average Bonchev–Trinajstić information content (AvgIpc) is 3.01. The quantitative estimate of drug-likeness (QED) is 0.118. The summed E-state index contributed by atoms with van der Waals surface area (Å²) in [6.45, 7) is 3.50. The Bertz CT molecular complexity index is 1320. The van der Waals surface area contributed by atoms with E-state index in [1.165, 1.54) is 14.0 Å². The molecule has 230 valence electrons. The first kappa shape index (κ1) is 33.8. The molecule has 3 atom stereocenters. The zero-order chi connectivity index (χ0) is 31.2. The van der Waals surface area contributed by atoms with Gasteiger partial charge in [0.15, 0.2) is 0 Å². The molecule has 0 saturated heterocycles. The Labute approximate surface area is 258 Å². The molecule has 3 rings (SSSR count). The van der Waals surface area contributed by atoms with Gasteiger partial charge in [-0.1, -0.05) is 84.1 Å². The fourth-order valence-corrected chi connectivity index (χ4v) is 5.75. The molecule has 0 aliphatic rings. The first-order valence-corrected chi connectivity index (χ1v) is 15.3. The average molecular weight is 607 g/mol. The number of aryl methyl sites for hydroxylation is 1. The third kappa shape index (κ3) is 11.2. The van der Waals surface area contributed by atoms with Gasteiger partial charge in [-0.25, -0.2) is 4.79 Å². The minimum absolute atomic E-state index is 0.0771. The second kappa shape index (κ2) is 16.8. The number of amides is 1. The molecule has 0 aromatic heterocycles. The molecule has 9 heteroatoms. The predicted molar refractivity (Wildman–Crippen MR) is 169 cm³/mol. The van der Waals surface area contributed by atoms with Crippen molar-refractivity contribution in [3.05, 3.63) is 90.0 Å². The summed E-state index contributed by atoms with van der Waals surface area (Å²) in [5.41, 5.74) is 4.16. The molecule has 0 heterocycles. The van der Waals surface area contributed by atoms with Crippen molar-refractivity contribution in [2.24, 2.45) is 0 Å². The van der Waals surface area contributed by atoms with E-state index in [1.54, 1.807) is 7.05 Å². The minimum atomic E-state index is -1.75. The number of carbonyl (C=O) groups excluding carboxylic acids is 3. The minimum Gasteiger partial charge on any atom is -0.466 e. The van der Waals surface area contributed by atoms with E-state index in [0.717, 1.165) is 38.9 Å².